The Labute approximate surface area is 139 Å². The third-order valence-electron chi connectivity index (χ3n) is 2.98. The molecule has 0 saturated heterocycles. The fourth-order valence-electron chi connectivity index (χ4n) is 1.94. The maximum Gasteiger partial charge on any atom is 0.288 e. The van der Waals surface area contributed by atoms with Gasteiger partial charge >= 0.3 is 0 Å². The molecule has 4 nitrogen and oxygen atoms in total. The third kappa shape index (κ3) is 2.97. The Morgan fingerprint density at radius 1 is 1.14 bits per heavy atom. The molecule has 22 heavy (non-hydrogen) atoms. The van der Waals surface area contributed by atoms with Crippen LogP contribution < -0.4 is 0 Å². The van der Waals surface area contributed by atoms with Gasteiger partial charge in [-0.15, -0.1) is 11.3 Å². The molecule has 7 heteroatoms. The molecule has 0 amide bonds. The summed E-state index contributed by atoms with van der Waals surface area (Å²) in [5.41, 5.74) is 1.27. The van der Waals surface area contributed by atoms with Crippen LogP contribution in [-0.4, -0.2) is 9.91 Å². The van der Waals surface area contributed by atoms with Crippen molar-refractivity contribution in [1.29, 1.82) is 0 Å². The second-order valence-corrected chi connectivity index (χ2v) is 6.31. The second-order valence-electron chi connectivity index (χ2n) is 4.44. The zero-order chi connectivity index (χ0) is 15.7. The molecule has 0 fully saturated rings. The van der Waals surface area contributed by atoms with Crippen molar-refractivity contribution in [3.63, 3.8) is 0 Å². The minimum atomic E-state index is -0.534. The van der Waals surface area contributed by atoms with Crippen LogP contribution >= 0.6 is 34.5 Å². The molecular weight excluding hydrogens is 343 g/mol. The largest absolute Gasteiger partial charge is 0.288 e. The van der Waals surface area contributed by atoms with Gasteiger partial charge in [-0.2, -0.15) is 0 Å². The molecule has 1 heterocycles. The first kappa shape index (κ1) is 15.0. The van der Waals surface area contributed by atoms with Crippen LogP contribution in [0.15, 0.2) is 36.4 Å². The van der Waals surface area contributed by atoms with Crippen LogP contribution in [0.2, 0.25) is 10.0 Å². The first-order valence-electron chi connectivity index (χ1n) is 6.21. The average Bonchev–Trinajstić information content (AvgIpc) is 2.88. The van der Waals surface area contributed by atoms with Crippen LogP contribution in [-0.2, 0) is 0 Å². The number of nitro benzene ring substituents is 1. The Kier molecular flexibility index (Phi) is 4.11. The van der Waals surface area contributed by atoms with Gasteiger partial charge in [-0.3, -0.25) is 10.1 Å². The van der Waals surface area contributed by atoms with Crippen LogP contribution in [0.3, 0.4) is 0 Å². The van der Waals surface area contributed by atoms with Crippen LogP contribution in [0, 0.1) is 10.1 Å². The van der Waals surface area contributed by atoms with E-state index in [0.717, 1.165) is 15.2 Å². The first-order valence-corrected chi connectivity index (χ1v) is 7.79. The lowest BCUT2D eigenvalue weighted by Crippen LogP contribution is -1.90. The molecule has 3 rings (SSSR count). The lowest BCUT2D eigenvalue weighted by Gasteiger charge is -2.00. The van der Waals surface area contributed by atoms with Crippen molar-refractivity contribution in [3.05, 3.63) is 67.1 Å². The van der Waals surface area contributed by atoms with Gasteiger partial charge in [-0.05, 0) is 24.3 Å². The molecule has 0 radical (unpaired) electrons. The Morgan fingerprint density at radius 2 is 1.91 bits per heavy atom. The number of thiazole rings is 1. The Bertz CT molecular complexity index is 873. The number of para-hydroxylation sites is 1. The normalized spacial score (nSPS) is 11.4. The number of hydrogen-bond acceptors (Lipinski definition) is 4. The highest BCUT2D eigenvalue weighted by Gasteiger charge is 2.15. The summed E-state index contributed by atoms with van der Waals surface area (Å²) in [5, 5.41) is 12.1. The van der Waals surface area contributed by atoms with E-state index in [0.29, 0.717) is 10.6 Å². The van der Waals surface area contributed by atoms with Crippen molar-refractivity contribution in [2.75, 3.05) is 0 Å². The summed E-state index contributed by atoms with van der Waals surface area (Å²) in [6, 6.07) is 10.5. The molecule has 3 aromatic rings. The fraction of sp³-hybridized carbons (Fsp3) is 0. The third-order valence-corrected chi connectivity index (χ3v) is 4.61. The molecule has 0 bridgehead atoms. The van der Waals surface area contributed by atoms with Crippen LogP contribution in [0.5, 0.6) is 0 Å². The van der Waals surface area contributed by atoms with E-state index in [1.165, 1.54) is 23.5 Å². The second kappa shape index (κ2) is 6.04. The maximum atomic E-state index is 10.9. The molecule has 0 unspecified atom stereocenters. The van der Waals surface area contributed by atoms with Crippen molar-refractivity contribution in [1.82, 2.24) is 4.98 Å². The van der Waals surface area contributed by atoms with Crippen LogP contribution in [0.25, 0.3) is 22.4 Å². The first-order chi connectivity index (χ1) is 10.5. The average molecular weight is 351 g/mol. The zero-order valence-corrected chi connectivity index (χ0v) is 13.3. The highest BCUT2D eigenvalue weighted by atomic mass is 35.5. The number of aromatic nitrogens is 1. The lowest BCUT2D eigenvalue weighted by atomic mass is 10.2. The smallest absolute Gasteiger partial charge is 0.258 e. The fourth-order valence-corrected chi connectivity index (χ4v) is 3.33. The van der Waals surface area contributed by atoms with Gasteiger partial charge in [-0.1, -0.05) is 41.4 Å². The van der Waals surface area contributed by atoms with Gasteiger partial charge in [-0.25, -0.2) is 4.98 Å². The van der Waals surface area contributed by atoms with Crippen molar-refractivity contribution in [2.45, 2.75) is 0 Å². The summed E-state index contributed by atoms with van der Waals surface area (Å²) in [6.45, 7) is 0. The maximum absolute atomic E-state index is 10.9. The Morgan fingerprint density at radius 3 is 2.64 bits per heavy atom. The van der Waals surface area contributed by atoms with Gasteiger partial charge in [0.15, 0.2) is 0 Å². The quantitative estimate of drug-likeness (QED) is 0.450. The zero-order valence-electron chi connectivity index (χ0n) is 11.0. The molecule has 1 aromatic heterocycles. The van der Waals surface area contributed by atoms with E-state index < -0.39 is 4.92 Å². The highest BCUT2D eigenvalue weighted by Crippen LogP contribution is 2.32. The molecule has 0 aliphatic carbocycles. The number of fused-ring (bicyclic) bond motifs is 1. The molecule has 0 atom stereocenters. The summed E-state index contributed by atoms with van der Waals surface area (Å²) >= 11 is 13.4. The molecule has 0 aliphatic heterocycles. The van der Waals surface area contributed by atoms with Gasteiger partial charge in [0.05, 0.1) is 15.1 Å². The van der Waals surface area contributed by atoms with Gasteiger partial charge in [0.25, 0.3) is 5.69 Å². The number of rotatable bonds is 3. The molecule has 0 saturated carbocycles. The number of halogens is 2. The molecule has 2 aromatic carbocycles. The van der Waals surface area contributed by atoms with E-state index in [9.17, 15) is 10.1 Å². The SMILES string of the molecule is O=[N+]([O-])c1cc(/C=C/c2nc3ccccc3s2)c(Cl)cc1Cl. The van der Waals surface area contributed by atoms with Crippen molar-refractivity contribution >= 4 is 62.6 Å². The number of nitrogens with zero attached hydrogens (tertiary/aromatic N) is 2. The van der Waals surface area contributed by atoms with Gasteiger partial charge in [0, 0.05) is 16.7 Å². The molecule has 110 valence electrons. The lowest BCUT2D eigenvalue weighted by molar-refractivity contribution is -0.384. The molecule has 0 aliphatic rings. The summed E-state index contributed by atoms with van der Waals surface area (Å²) < 4.78 is 1.08. The topological polar surface area (TPSA) is 56.0 Å². The number of benzene rings is 2. The van der Waals surface area contributed by atoms with E-state index in [2.05, 4.69) is 4.98 Å². The van der Waals surface area contributed by atoms with Crippen molar-refractivity contribution in [3.8, 4) is 0 Å². The standard InChI is InChI=1S/C15H8Cl2N2O2S/c16-10-8-11(17)13(19(20)21)7-9(10)5-6-15-18-12-3-1-2-4-14(12)22-15/h1-8H/b6-5+. The van der Waals surface area contributed by atoms with Crippen molar-refractivity contribution in [2.24, 2.45) is 0 Å². The van der Waals surface area contributed by atoms with Crippen molar-refractivity contribution < 1.29 is 4.92 Å². The van der Waals surface area contributed by atoms with Gasteiger partial charge in [0.2, 0.25) is 0 Å². The Hall–Kier alpha value is -1.95. The minimum Gasteiger partial charge on any atom is -0.258 e. The monoisotopic (exact) mass is 350 g/mol. The van der Waals surface area contributed by atoms with Gasteiger partial charge in [0.1, 0.15) is 10.0 Å². The van der Waals surface area contributed by atoms with E-state index in [-0.39, 0.29) is 10.7 Å². The van der Waals surface area contributed by atoms with Crippen LogP contribution in [0.4, 0.5) is 5.69 Å². The van der Waals surface area contributed by atoms with E-state index in [1.807, 2.05) is 24.3 Å². The summed E-state index contributed by atoms with van der Waals surface area (Å²) in [6.07, 6.45) is 3.48. The predicted molar refractivity (Wildman–Crippen MR) is 91.7 cm³/mol. The van der Waals surface area contributed by atoms with Crippen LogP contribution in [0.1, 0.15) is 10.6 Å². The number of hydrogen-bond donors (Lipinski definition) is 0. The van der Waals surface area contributed by atoms with E-state index in [4.69, 9.17) is 23.2 Å². The van der Waals surface area contributed by atoms with E-state index in [1.54, 1.807) is 12.2 Å². The molecular formula is C15H8Cl2N2O2S. The molecule has 0 N–H and O–H groups in total. The Balaban J connectivity index is 1.98. The number of nitro groups is 1. The summed E-state index contributed by atoms with van der Waals surface area (Å²) in [4.78, 5) is 14.8. The summed E-state index contributed by atoms with van der Waals surface area (Å²) in [5.74, 6) is 0. The molecule has 0 spiro atoms. The van der Waals surface area contributed by atoms with E-state index >= 15 is 0 Å². The minimum absolute atomic E-state index is 0.0205. The highest BCUT2D eigenvalue weighted by molar-refractivity contribution is 7.19. The summed E-state index contributed by atoms with van der Waals surface area (Å²) in [7, 11) is 0. The predicted octanol–water partition coefficient (Wildman–Crippen LogP) is 5.68. The van der Waals surface area contributed by atoms with Gasteiger partial charge < -0.3 is 0 Å².